The van der Waals surface area contributed by atoms with Crippen LogP contribution in [0.15, 0.2) is 45.6 Å². The molecule has 0 aliphatic carbocycles. The fourth-order valence-electron chi connectivity index (χ4n) is 3.25. The molecule has 1 aromatic heterocycles. The first-order chi connectivity index (χ1) is 13.8. The van der Waals surface area contributed by atoms with Crippen molar-refractivity contribution in [1.82, 2.24) is 0 Å². The van der Waals surface area contributed by atoms with E-state index in [1.807, 2.05) is 0 Å². The fraction of sp³-hybridized carbons (Fsp3) is 0.263. The Morgan fingerprint density at radius 1 is 0.966 bits per heavy atom. The molecule has 2 aromatic carbocycles. The number of aliphatic carboxylic acids is 1. The molecule has 0 unspecified atom stereocenters. The van der Waals surface area contributed by atoms with Crippen molar-refractivity contribution in [3.63, 3.8) is 0 Å². The molecule has 10 heteroatoms. The summed E-state index contributed by atoms with van der Waals surface area (Å²) in [5, 5.41) is 51.3. The third-order valence-corrected chi connectivity index (χ3v) is 4.72. The van der Waals surface area contributed by atoms with E-state index in [1.165, 1.54) is 30.3 Å². The Bertz CT molecular complexity index is 1150. The number of aromatic hydroxyl groups is 1. The molecule has 4 rings (SSSR count). The van der Waals surface area contributed by atoms with Crippen molar-refractivity contribution in [2.45, 2.75) is 30.7 Å². The van der Waals surface area contributed by atoms with Gasteiger partial charge < -0.3 is 44.2 Å². The standard InChI is InChI=1S/C19H16O10/c20-7-1-3-10-9-4-2-8(6-11(9)18(26)28-12(10)5-7)27-19-15(23)13(21)14(22)16(29-19)17(24)25/h1-6,13-16,19-23H,(H,24,25)/p-1/t13-,14-,15+,16-,19+/m0/s1. The summed E-state index contributed by atoms with van der Waals surface area (Å²) in [6.07, 6.45) is -9.06. The lowest BCUT2D eigenvalue weighted by Gasteiger charge is -2.40. The molecule has 3 aromatic rings. The predicted octanol–water partition coefficient (Wildman–Crippen LogP) is -1.41. The molecule has 29 heavy (non-hydrogen) atoms. The Hall–Kier alpha value is -3.18. The average Bonchev–Trinajstić information content (AvgIpc) is 2.68. The van der Waals surface area contributed by atoms with Gasteiger partial charge in [0.15, 0.2) is 0 Å². The minimum Gasteiger partial charge on any atom is -0.547 e. The minimum absolute atomic E-state index is 0.0210. The highest BCUT2D eigenvalue weighted by atomic mass is 16.7. The Kier molecular flexibility index (Phi) is 4.63. The molecule has 152 valence electrons. The Balaban J connectivity index is 1.70. The number of carboxylic acid groups (broad SMARTS) is 1. The van der Waals surface area contributed by atoms with Gasteiger partial charge in [-0.3, -0.25) is 0 Å². The van der Waals surface area contributed by atoms with E-state index in [1.54, 1.807) is 6.07 Å². The number of phenols is 1. The van der Waals surface area contributed by atoms with Gasteiger partial charge in [-0.2, -0.15) is 0 Å². The highest BCUT2D eigenvalue weighted by Gasteiger charge is 2.45. The predicted molar refractivity (Wildman–Crippen MR) is 94.0 cm³/mol. The summed E-state index contributed by atoms with van der Waals surface area (Å²) in [7, 11) is 0. The van der Waals surface area contributed by atoms with Gasteiger partial charge in [0.2, 0.25) is 6.29 Å². The second-order valence-electron chi connectivity index (χ2n) is 6.61. The zero-order valence-electron chi connectivity index (χ0n) is 14.6. The van der Waals surface area contributed by atoms with E-state index >= 15 is 0 Å². The van der Waals surface area contributed by atoms with Crippen LogP contribution in [-0.4, -0.2) is 57.1 Å². The van der Waals surface area contributed by atoms with Gasteiger partial charge in [0.05, 0.1) is 11.4 Å². The number of hydrogen-bond donors (Lipinski definition) is 4. The highest BCUT2D eigenvalue weighted by molar-refractivity contribution is 6.04. The smallest absolute Gasteiger partial charge is 0.344 e. The van der Waals surface area contributed by atoms with Crippen molar-refractivity contribution in [2.75, 3.05) is 0 Å². The number of phenolic OH excluding ortho intramolecular Hbond substituents is 1. The molecule has 5 atom stereocenters. The lowest BCUT2D eigenvalue weighted by atomic mass is 9.99. The lowest BCUT2D eigenvalue weighted by Crippen LogP contribution is -2.63. The van der Waals surface area contributed by atoms with E-state index in [0.29, 0.717) is 10.8 Å². The van der Waals surface area contributed by atoms with Crippen LogP contribution in [0.5, 0.6) is 11.5 Å². The number of carbonyl (C=O) groups excluding carboxylic acids is 1. The summed E-state index contributed by atoms with van der Waals surface area (Å²) in [5.74, 6) is -1.83. The highest BCUT2D eigenvalue weighted by Crippen LogP contribution is 2.30. The second-order valence-corrected chi connectivity index (χ2v) is 6.61. The van der Waals surface area contributed by atoms with Crippen LogP contribution in [0.3, 0.4) is 0 Å². The largest absolute Gasteiger partial charge is 0.547 e. The van der Waals surface area contributed by atoms with E-state index in [-0.39, 0.29) is 22.5 Å². The molecule has 1 fully saturated rings. The molecule has 1 aliphatic rings. The van der Waals surface area contributed by atoms with Crippen LogP contribution in [0.2, 0.25) is 0 Å². The van der Waals surface area contributed by atoms with E-state index in [0.717, 1.165) is 0 Å². The summed E-state index contributed by atoms with van der Waals surface area (Å²) in [6, 6.07) is 8.60. The number of benzene rings is 2. The van der Waals surface area contributed by atoms with Gasteiger partial charge in [0.25, 0.3) is 0 Å². The molecule has 0 bridgehead atoms. The molecule has 2 heterocycles. The van der Waals surface area contributed by atoms with Crippen LogP contribution in [-0.2, 0) is 9.53 Å². The minimum atomic E-state index is -1.92. The maximum atomic E-state index is 12.3. The van der Waals surface area contributed by atoms with Crippen molar-refractivity contribution >= 4 is 27.7 Å². The third-order valence-electron chi connectivity index (χ3n) is 4.72. The van der Waals surface area contributed by atoms with Gasteiger partial charge in [0.1, 0.15) is 41.5 Å². The number of rotatable bonds is 3. The molecule has 1 saturated heterocycles. The Morgan fingerprint density at radius 2 is 1.69 bits per heavy atom. The lowest BCUT2D eigenvalue weighted by molar-refractivity contribution is -0.342. The molecular formula is C19H15O10-. The van der Waals surface area contributed by atoms with Crippen LogP contribution in [0, 0.1) is 0 Å². The molecule has 0 amide bonds. The zero-order valence-corrected chi connectivity index (χ0v) is 14.6. The number of aliphatic hydroxyl groups is 3. The van der Waals surface area contributed by atoms with Gasteiger partial charge in [-0.05, 0) is 30.3 Å². The number of carboxylic acids is 1. The summed E-state index contributed by atoms with van der Waals surface area (Å²) in [4.78, 5) is 23.4. The first kappa shape index (κ1) is 19.2. The molecule has 0 spiro atoms. The van der Waals surface area contributed by atoms with E-state index in [2.05, 4.69) is 0 Å². The van der Waals surface area contributed by atoms with Crippen LogP contribution in [0.25, 0.3) is 21.7 Å². The number of hydrogen-bond acceptors (Lipinski definition) is 10. The summed E-state index contributed by atoms with van der Waals surface area (Å²) < 4.78 is 15.6. The molecule has 1 aliphatic heterocycles. The van der Waals surface area contributed by atoms with Crippen molar-refractivity contribution in [3.8, 4) is 11.5 Å². The van der Waals surface area contributed by atoms with Crippen molar-refractivity contribution in [2.24, 2.45) is 0 Å². The Labute approximate surface area is 161 Å². The normalized spacial score (nSPS) is 27.2. The van der Waals surface area contributed by atoms with Crippen LogP contribution >= 0.6 is 0 Å². The quantitative estimate of drug-likeness (QED) is 0.301. The Morgan fingerprint density at radius 3 is 2.41 bits per heavy atom. The maximum Gasteiger partial charge on any atom is 0.344 e. The third kappa shape index (κ3) is 3.28. The number of aliphatic hydroxyl groups excluding tert-OH is 3. The summed E-state index contributed by atoms with van der Waals surface area (Å²) in [5.41, 5.74) is -0.521. The number of fused-ring (bicyclic) bond motifs is 3. The summed E-state index contributed by atoms with van der Waals surface area (Å²) in [6.45, 7) is 0. The molecule has 10 nitrogen and oxygen atoms in total. The summed E-state index contributed by atoms with van der Waals surface area (Å²) >= 11 is 0. The van der Waals surface area contributed by atoms with Gasteiger partial charge in [0, 0.05) is 16.8 Å². The first-order valence-electron chi connectivity index (χ1n) is 8.53. The first-order valence-corrected chi connectivity index (χ1v) is 8.53. The topological polar surface area (TPSA) is 170 Å². The SMILES string of the molecule is O=C([O-])[C@H]1O[C@@H](Oc2ccc3c(c2)c(=O)oc2cc(O)ccc23)[C@H](O)[C@@H](O)[C@@H]1O. The van der Waals surface area contributed by atoms with E-state index in [4.69, 9.17) is 13.9 Å². The van der Waals surface area contributed by atoms with Gasteiger partial charge in [-0.15, -0.1) is 0 Å². The molecule has 0 saturated carbocycles. The van der Waals surface area contributed by atoms with Crippen LogP contribution in [0.1, 0.15) is 0 Å². The zero-order chi connectivity index (χ0) is 20.9. The van der Waals surface area contributed by atoms with Gasteiger partial charge >= 0.3 is 5.63 Å². The maximum absolute atomic E-state index is 12.3. The van der Waals surface area contributed by atoms with E-state index < -0.39 is 42.3 Å². The van der Waals surface area contributed by atoms with Gasteiger partial charge in [-0.1, -0.05) is 0 Å². The van der Waals surface area contributed by atoms with Crippen molar-refractivity contribution < 1.29 is 44.2 Å². The van der Waals surface area contributed by atoms with Crippen molar-refractivity contribution in [1.29, 1.82) is 0 Å². The fourth-order valence-corrected chi connectivity index (χ4v) is 3.25. The van der Waals surface area contributed by atoms with Crippen LogP contribution < -0.4 is 15.5 Å². The molecule has 4 N–H and O–H groups in total. The number of carbonyl (C=O) groups is 1. The average molecular weight is 403 g/mol. The van der Waals surface area contributed by atoms with Crippen molar-refractivity contribution in [3.05, 3.63) is 46.8 Å². The second kappa shape index (κ2) is 7.01. The van der Waals surface area contributed by atoms with Crippen LogP contribution in [0.4, 0.5) is 0 Å². The van der Waals surface area contributed by atoms with E-state index in [9.17, 15) is 35.1 Å². The monoisotopic (exact) mass is 403 g/mol. The molecule has 0 radical (unpaired) electrons. The molecular weight excluding hydrogens is 388 g/mol. The van der Waals surface area contributed by atoms with Gasteiger partial charge in [-0.25, -0.2) is 4.79 Å². The number of ether oxygens (including phenoxy) is 2.